The number of guanidine groups is 1. The van der Waals surface area contributed by atoms with Gasteiger partial charge in [0, 0.05) is 37.0 Å². The van der Waals surface area contributed by atoms with Gasteiger partial charge in [0.1, 0.15) is 5.75 Å². The maximum absolute atomic E-state index is 12.9. The number of nitrogens with zero attached hydrogens (tertiary/aromatic N) is 2. The minimum Gasteiger partial charge on any atom is -0.497 e. The minimum absolute atomic E-state index is 0.160. The van der Waals surface area contributed by atoms with Crippen molar-refractivity contribution in [1.82, 2.24) is 15.5 Å². The van der Waals surface area contributed by atoms with Crippen LogP contribution in [0.3, 0.4) is 0 Å². The number of carbonyl (C=O) groups excluding carboxylic acids is 1. The Morgan fingerprint density at radius 2 is 1.90 bits per heavy atom. The van der Waals surface area contributed by atoms with Gasteiger partial charge in [-0.3, -0.25) is 9.79 Å². The maximum atomic E-state index is 12.9. The zero-order chi connectivity index (χ0) is 21.7. The van der Waals surface area contributed by atoms with Crippen LogP contribution >= 0.6 is 0 Å². The Bertz CT molecular complexity index is 766. The summed E-state index contributed by atoms with van der Waals surface area (Å²) in [7, 11) is 1.70. The Kier molecular flexibility index (Phi) is 7.03. The van der Waals surface area contributed by atoms with Crippen LogP contribution in [0.4, 0.5) is 0 Å². The third kappa shape index (κ3) is 5.34. The fraction of sp³-hybridized carbons (Fsp3) is 0.680. The van der Waals surface area contributed by atoms with Crippen LogP contribution in [0.5, 0.6) is 5.75 Å². The van der Waals surface area contributed by atoms with Crippen molar-refractivity contribution in [2.24, 2.45) is 10.9 Å². The monoisotopic (exact) mass is 426 g/mol. The van der Waals surface area contributed by atoms with E-state index in [1.165, 1.54) is 37.7 Å². The fourth-order valence-electron chi connectivity index (χ4n) is 5.06. The van der Waals surface area contributed by atoms with Gasteiger partial charge >= 0.3 is 0 Å². The summed E-state index contributed by atoms with van der Waals surface area (Å²) in [5.74, 6) is 2.40. The van der Waals surface area contributed by atoms with Crippen molar-refractivity contribution in [3.63, 3.8) is 0 Å². The molecule has 1 heterocycles. The van der Waals surface area contributed by atoms with Crippen molar-refractivity contribution in [1.29, 1.82) is 0 Å². The highest BCUT2D eigenvalue weighted by Gasteiger charge is 2.44. The Morgan fingerprint density at radius 1 is 1.16 bits per heavy atom. The Balaban J connectivity index is 1.33. The van der Waals surface area contributed by atoms with Gasteiger partial charge in [0.25, 0.3) is 0 Å². The molecule has 2 aliphatic carbocycles. The highest BCUT2D eigenvalue weighted by molar-refractivity contribution is 5.81. The molecule has 6 heteroatoms. The average Bonchev–Trinajstić information content (AvgIpc) is 3.47. The molecule has 1 atom stereocenters. The van der Waals surface area contributed by atoms with Crippen LogP contribution in [0, 0.1) is 5.92 Å². The minimum atomic E-state index is 0.160. The van der Waals surface area contributed by atoms with E-state index in [2.05, 4.69) is 34.6 Å². The predicted molar refractivity (Wildman–Crippen MR) is 125 cm³/mol. The first-order chi connectivity index (χ1) is 15.1. The Hall–Kier alpha value is -2.24. The van der Waals surface area contributed by atoms with Gasteiger partial charge in [0.15, 0.2) is 5.96 Å². The lowest BCUT2D eigenvalue weighted by atomic mass is 9.88. The average molecular weight is 427 g/mol. The normalized spacial score (nSPS) is 23.5. The largest absolute Gasteiger partial charge is 0.497 e. The van der Waals surface area contributed by atoms with Gasteiger partial charge in [0.2, 0.25) is 5.91 Å². The molecule has 0 spiro atoms. The summed E-state index contributed by atoms with van der Waals surface area (Å²) < 4.78 is 5.30. The second kappa shape index (κ2) is 9.92. The van der Waals surface area contributed by atoms with Crippen LogP contribution in [-0.2, 0) is 10.2 Å². The van der Waals surface area contributed by atoms with Gasteiger partial charge in [-0.2, -0.15) is 0 Å². The van der Waals surface area contributed by atoms with Gasteiger partial charge in [0.05, 0.1) is 13.7 Å². The Labute approximate surface area is 186 Å². The summed E-state index contributed by atoms with van der Waals surface area (Å²) >= 11 is 0. The standard InChI is InChI=1S/C25H38N4O2/c1-3-26-24(27-18-25(14-15-25)20-9-11-22(31-2)12-10-20)28-21-13-16-29(17-21)23(30)19-7-5-4-6-8-19/h9-12,19,21H,3-8,13-18H2,1-2H3,(H2,26,27,28). The van der Waals surface area contributed by atoms with Crippen molar-refractivity contribution in [3.8, 4) is 5.75 Å². The van der Waals surface area contributed by atoms with Crippen LogP contribution < -0.4 is 15.4 Å². The Morgan fingerprint density at radius 3 is 2.55 bits per heavy atom. The molecule has 31 heavy (non-hydrogen) atoms. The van der Waals surface area contributed by atoms with E-state index in [1.54, 1.807) is 7.11 Å². The van der Waals surface area contributed by atoms with E-state index in [9.17, 15) is 4.79 Å². The van der Waals surface area contributed by atoms with Gasteiger partial charge in [-0.25, -0.2) is 0 Å². The lowest BCUT2D eigenvalue weighted by Gasteiger charge is -2.26. The number of hydrogen-bond acceptors (Lipinski definition) is 3. The molecule has 1 amide bonds. The summed E-state index contributed by atoms with van der Waals surface area (Å²) in [5, 5.41) is 7.00. The molecular formula is C25H38N4O2. The molecule has 1 aromatic rings. The topological polar surface area (TPSA) is 66.0 Å². The lowest BCUT2D eigenvalue weighted by Crippen LogP contribution is -2.46. The smallest absolute Gasteiger partial charge is 0.225 e. The van der Waals surface area contributed by atoms with Gasteiger partial charge in [-0.1, -0.05) is 31.4 Å². The number of carbonyl (C=O) groups is 1. The first-order valence-electron chi connectivity index (χ1n) is 12.1. The number of methoxy groups -OCH3 is 1. The molecule has 2 N–H and O–H groups in total. The van der Waals surface area contributed by atoms with E-state index >= 15 is 0 Å². The van der Waals surface area contributed by atoms with Crippen LogP contribution in [0.15, 0.2) is 29.3 Å². The first kappa shape index (κ1) is 22.0. The van der Waals surface area contributed by atoms with E-state index in [0.717, 1.165) is 57.2 Å². The maximum Gasteiger partial charge on any atom is 0.225 e. The van der Waals surface area contributed by atoms with Crippen LogP contribution in [0.25, 0.3) is 0 Å². The van der Waals surface area contributed by atoms with E-state index in [-0.39, 0.29) is 17.4 Å². The van der Waals surface area contributed by atoms with Crippen LogP contribution in [0.1, 0.15) is 63.9 Å². The number of hydrogen-bond donors (Lipinski definition) is 2. The van der Waals surface area contributed by atoms with Gasteiger partial charge < -0.3 is 20.3 Å². The van der Waals surface area contributed by atoms with Crippen molar-refractivity contribution >= 4 is 11.9 Å². The zero-order valence-electron chi connectivity index (χ0n) is 19.2. The summed E-state index contributed by atoms with van der Waals surface area (Å²) in [4.78, 5) is 19.9. The second-order valence-corrected chi connectivity index (χ2v) is 9.45. The molecule has 1 aromatic carbocycles. The second-order valence-electron chi connectivity index (χ2n) is 9.45. The SMILES string of the molecule is CCNC(=NCC1(c2ccc(OC)cc2)CC1)NC1CCN(C(=O)C2CCCCC2)C1. The summed E-state index contributed by atoms with van der Waals surface area (Å²) in [6.45, 7) is 5.37. The molecule has 1 aliphatic heterocycles. The van der Waals surface area contributed by atoms with Gasteiger partial charge in [-0.05, 0) is 56.7 Å². The summed E-state index contributed by atoms with van der Waals surface area (Å²) in [6.07, 6.45) is 9.19. The van der Waals surface area contributed by atoms with Crippen LogP contribution in [0.2, 0.25) is 0 Å². The van der Waals surface area contributed by atoms with Gasteiger partial charge in [-0.15, -0.1) is 0 Å². The summed E-state index contributed by atoms with van der Waals surface area (Å²) in [6, 6.07) is 8.71. The molecule has 3 aliphatic rings. The lowest BCUT2D eigenvalue weighted by molar-refractivity contribution is -0.135. The highest BCUT2D eigenvalue weighted by atomic mass is 16.5. The van der Waals surface area contributed by atoms with Crippen molar-refractivity contribution < 1.29 is 9.53 Å². The number of amides is 1. The molecule has 3 fully saturated rings. The fourth-order valence-corrected chi connectivity index (χ4v) is 5.06. The molecule has 6 nitrogen and oxygen atoms in total. The predicted octanol–water partition coefficient (Wildman–Crippen LogP) is 3.46. The molecule has 0 radical (unpaired) electrons. The zero-order valence-corrected chi connectivity index (χ0v) is 19.2. The number of likely N-dealkylation sites (tertiary alicyclic amines) is 1. The van der Waals surface area contributed by atoms with Crippen molar-refractivity contribution in [2.75, 3.05) is 33.3 Å². The van der Waals surface area contributed by atoms with E-state index < -0.39 is 0 Å². The number of benzene rings is 1. The molecule has 0 aromatic heterocycles. The van der Waals surface area contributed by atoms with Crippen molar-refractivity contribution in [2.45, 2.75) is 69.7 Å². The molecule has 1 saturated heterocycles. The first-order valence-corrected chi connectivity index (χ1v) is 12.1. The molecule has 170 valence electrons. The van der Waals surface area contributed by atoms with Crippen LogP contribution in [-0.4, -0.2) is 56.1 Å². The van der Waals surface area contributed by atoms with Crippen molar-refractivity contribution in [3.05, 3.63) is 29.8 Å². The highest BCUT2D eigenvalue weighted by Crippen LogP contribution is 2.48. The van der Waals surface area contributed by atoms with E-state index in [4.69, 9.17) is 9.73 Å². The molecule has 1 unspecified atom stereocenters. The number of nitrogens with one attached hydrogen (secondary N) is 2. The third-order valence-corrected chi connectivity index (χ3v) is 7.24. The number of rotatable bonds is 7. The number of aliphatic imine (C=N–C) groups is 1. The van der Waals surface area contributed by atoms with E-state index in [1.807, 2.05) is 12.1 Å². The van der Waals surface area contributed by atoms with E-state index in [0.29, 0.717) is 5.91 Å². The molecule has 2 saturated carbocycles. The quantitative estimate of drug-likeness (QED) is 0.518. The molecule has 0 bridgehead atoms. The summed E-state index contributed by atoms with van der Waals surface area (Å²) in [5.41, 5.74) is 1.51. The molecule has 4 rings (SSSR count). The molecular weight excluding hydrogens is 388 g/mol. The number of ether oxygens (including phenoxy) is 1. The third-order valence-electron chi connectivity index (χ3n) is 7.24.